The number of halogens is 3. The van der Waals surface area contributed by atoms with Gasteiger partial charge in [-0.3, -0.25) is 0 Å². The number of sulfonamides is 1. The minimum absolute atomic E-state index is 0.0769. The molecule has 31 heavy (non-hydrogen) atoms. The molecule has 7 atom stereocenters. The highest BCUT2D eigenvalue weighted by molar-refractivity contribution is 7.89. The van der Waals surface area contributed by atoms with Crippen LogP contribution in [0.25, 0.3) is 0 Å². The topological polar surface area (TPSA) is 46.2 Å². The van der Waals surface area contributed by atoms with E-state index in [1.54, 1.807) is 0 Å². The van der Waals surface area contributed by atoms with Gasteiger partial charge in [-0.05, 0) is 86.9 Å². The van der Waals surface area contributed by atoms with Gasteiger partial charge in [0.15, 0.2) is 5.75 Å². The van der Waals surface area contributed by atoms with Crippen molar-refractivity contribution < 1.29 is 21.6 Å². The van der Waals surface area contributed by atoms with E-state index < -0.39 is 27.5 Å². The average Bonchev–Trinajstić information content (AvgIpc) is 2.70. The molecule has 0 saturated heterocycles. The molecule has 3 nitrogen and oxygen atoms in total. The van der Waals surface area contributed by atoms with Crippen molar-refractivity contribution in [2.75, 3.05) is 5.75 Å². The van der Waals surface area contributed by atoms with Crippen molar-refractivity contribution >= 4 is 10.0 Å². The maximum atomic E-state index is 12.9. The molecule has 5 aliphatic rings. The van der Waals surface area contributed by atoms with E-state index in [2.05, 4.69) is 10.8 Å². The largest absolute Gasteiger partial charge is 0.404 e. The molecule has 0 radical (unpaired) electrons. The van der Waals surface area contributed by atoms with Crippen LogP contribution in [-0.2, 0) is 10.0 Å². The van der Waals surface area contributed by atoms with Gasteiger partial charge in [0, 0.05) is 5.54 Å². The van der Waals surface area contributed by atoms with E-state index in [0.29, 0.717) is 24.7 Å². The van der Waals surface area contributed by atoms with Gasteiger partial charge >= 0.3 is 6.18 Å². The molecule has 4 fully saturated rings. The Morgan fingerprint density at radius 2 is 1.68 bits per heavy atom. The smallest absolute Gasteiger partial charge is 0.212 e. The number of rotatable bonds is 3. The fourth-order valence-corrected chi connectivity index (χ4v) is 10.0. The van der Waals surface area contributed by atoms with Gasteiger partial charge in [0.2, 0.25) is 10.0 Å². The third-order valence-electron chi connectivity index (χ3n) is 9.56. The molecule has 0 bridgehead atoms. The number of alkyl halides is 3. The maximum Gasteiger partial charge on any atom is 0.404 e. The van der Waals surface area contributed by atoms with Crippen molar-refractivity contribution in [3.8, 4) is 0 Å². The second-order valence-corrected chi connectivity index (χ2v) is 12.9. The molecule has 4 saturated carbocycles. The Morgan fingerprint density at radius 1 is 0.903 bits per heavy atom. The Bertz CT molecular complexity index is 823. The summed E-state index contributed by atoms with van der Waals surface area (Å²) in [6.07, 6.45) is 12.0. The lowest BCUT2D eigenvalue weighted by Gasteiger charge is -2.57. The van der Waals surface area contributed by atoms with Gasteiger partial charge in [0.25, 0.3) is 0 Å². The molecular weight excluding hydrogens is 423 g/mol. The van der Waals surface area contributed by atoms with E-state index >= 15 is 0 Å². The third-order valence-corrected chi connectivity index (χ3v) is 11.0. The first-order valence-corrected chi connectivity index (χ1v) is 14.1. The lowest BCUT2D eigenvalue weighted by Crippen LogP contribution is -2.60. The minimum atomic E-state index is -4.71. The lowest BCUT2D eigenvalue weighted by atomic mass is 9.50. The van der Waals surface area contributed by atoms with Crippen molar-refractivity contribution in [3.63, 3.8) is 0 Å². The van der Waals surface area contributed by atoms with Crippen molar-refractivity contribution in [3.05, 3.63) is 11.6 Å². The summed E-state index contributed by atoms with van der Waals surface area (Å²) in [5.74, 6) is 2.05. The summed E-state index contributed by atoms with van der Waals surface area (Å²) in [5.41, 5.74) is 0.690. The van der Waals surface area contributed by atoms with Crippen LogP contribution in [0.1, 0.15) is 83.5 Å². The number of hydrogen-bond acceptors (Lipinski definition) is 2. The van der Waals surface area contributed by atoms with E-state index in [0.717, 1.165) is 49.9 Å². The van der Waals surface area contributed by atoms with Gasteiger partial charge in [-0.25, -0.2) is 13.1 Å². The van der Waals surface area contributed by atoms with E-state index in [-0.39, 0.29) is 5.92 Å². The molecule has 1 N–H and O–H groups in total. The van der Waals surface area contributed by atoms with Crippen LogP contribution in [0.4, 0.5) is 13.2 Å². The summed E-state index contributed by atoms with van der Waals surface area (Å²) in [5, 5.41) is 0. The Balaban J connectivity index is 1.41. The van der Waals surface area contributed by atoms with Crippen LogP contribution in [0.3, 0.4) is 0 Å². The standard InChI is InChI=1S/C24H36F3NO2S/c25-24(26,27)15-31(29,30)28-23-13-4-3-7-22(23)21-11-10-18-17-6-2-1-5-16(17)8-9-19(18)20(21)12-14-23/h11,16-20,22,28H,1-10,12-15H2. The zero-order valence-corrected chi connectivity index (χ0v) is 19.1. The summed E-state index contributed by atoms with van der Waals surface area (Å²) in [7, 11) is -4.40. The normalized spacial score (nSPS) is 43.1. The van der Waals surface area contributed by atoms with Crippen LogP contribution in [0, 0.1) is 35.5 Å². The molecule has 0 heterocycles. The van der Waals surface area contributed by atoms with Gasteiger partial charge in [0.05, 0.1) is 0 Å². The molecule has 7 unspecified atom stereocenters. The molecular formula is C24H36F3NO2S. The molecule has 7 heteroatoms. The number of hydrogen-bond donors (Lipinski definition) is 1. The van der Waals surface area contributed by atoms with Gasteiger partial charge in [-0.15, -0.1) is 0 Å². The zero-order chi connectivity index (χ0) is 21.9. The maximum absolute atomic E-state index is 12.9. The van der Waals surface area contributed by atoms with Crippen LogP contribution < -0.4 is 4.72 Å². The molecule has 0 spiro atoms. The summed E-state index contributed by atoms with van der Waals surface area (Å²) in [6.45, 7) is 0. The van der Waals surface area contributed by atoms with Gasteiger partial charge in [-0.2, -0.15) is 13.2 Å². The molecule has 5 aliphatic carbocycles. The van der Waals surface area contributed by atoms with Gasteiger partial charge in [-0.1, -0.05) is 43.8 Å². The predicted octanol–water partition coefficient (Wildman–Crippen LogP) is 5.97. The fraction of sp³-hybridized carbons (Fsp3) is 0.917. The highest BCUT2D eigenvalue weighted by atomic mass is 32.2. The molecule has 176 valence electrons. The monoisotopic (exact) mass is 459 g/mol. The van der Waals surface area contributed by atoms with Crippen LogP contribution in [0.5, 0.6) is 0 Å². The van der Waals surface area contributed by atoms with Crippen molar-refractivity contribution in [1.82, 2.24) is 4.72 Å². The van der Waals surface area contributed by atoms with E-state index in [1.807, 2.05) is 0 Å². The lowest BCUT2D eigenvalue weighted by molar-refractivity contribution is -0.106. The van der Waals surface area contributed by atoms with Crippen LogP contribution in [0.2, 0.25) is 0 Å². The van der Waals surface area contributed by atoms with Crippen LogP contribution in [-0.4, -0.2) is 25.9 Å². The molecule has 0 amide bonds. The number of fused-ring (bicyclic) bond motifs is 7. The molecule has 0 aromatic heterocycles. The van der Waals surface area contributed by atoms with Crippen molar-refractivity contribution in [2.45, 2.75) is 95.2 Å². The van der Waals surface area contributed by atoms with E-state index in [9.17, 15) is 21.6 Å². The summed E-state index contributed by atoms with van der Waals surface area (Å²) < 4.78 is 66.2. The first-order chi connectivity index (χ1) is 14.7. The Kier molecular flexibility index (Phi) is 5.76. The first-order valence-electron chi connectivity index (χ1n) is 12.5. The Labute approximate surface area is 184 Å². The molecule has 0 aromatic carbocycles. The van der Waals surface area contributed by atoms with Crippen molar-refractivity contribution in [1.29, 1.82) is 0 Å². The highest BCUT2D eigenvalue weighted by Gasteiger charge is 2.54. The zero-order valence-electron chi connectivity index (χ0n) is 18.3. The first kappa shape index (κ1) is 22.2. The van der Waals surface area contributed by atoms with Gasteiger partial charge in [0.1, 0.15) is 0 Å². The second-order valence-electron chi connectivity index (χ2n) is 11.1. The Morgan fingerprint density at radius 3 is 2.48 bits per heavy atom. The SMILES string of the molecule is O=S(=O)(CC(F)(F)F)NC12CCCCC1C1=CCC3C4CCCCC4CCC3C1CC2. The minimum Gasteiger partial charge on any atom is -0.212 e. The van der Waals surface area contributed by atoms with Gasteiger partial charge < -0.3 is 0 Å². The second kappa shape index (κ2) is 8.03. The molecule has 5 rings (SSSR count). The third kappa shape index (κ3) is 4.22. The Hall–Kier alpha value is -0.560. The predicted molar refractivity (Wildman–Crippen MR) is 115 cm³/mol. The van der Waals surface area contributed by atoms with Crippen LogP contribution in [0.15, 0.2) is 11.6 Å². The fourth-order valence-electron chi connectivity index (χ4n) is 8.57. The van der Waals surface area contributed by atoms with E-state index in [1.165, 1.54) is 44.1 Å². The average molecular weight is 460 g/mol. The highest BCUT2D eigenvalue weighted by Crippen LogP contribution is 2.59. The molecule has 0 aromatic rings. The molecule has 0 aliphatic heterocycles. The number of nitrogens with one attached hydrogen (secondary N) is 1. The summed E-state index contributed by atoms with van der Waals surface area (Å²) in [4.78, 5) is 0. The quantitative estimate of drug-likeness (QED) is 0.529. The van der Waals surface area contributed by atoms with E-state index in [4.69, 9.17) is 0 Å². The summed E-state index contributed by atoms with van der Waals surface area (Å²) >= 11 is 0. The summed E-state index contributed by atoms with van der Waals surface area (Å²) in [6, 6.07) is 0. The van der Waals surface area contributed by atoms with Crippen molar-refractivity contribution in [2.24, 2.45) is 35.5 Å². The number of allylic oxidation sites excluding steroid dienone is 1. The van der Waals surface area contributed by atoms with Crippen LogP contribution >= 0.6 is 0 Å².